The molecule has 1 aliphatic carbocycles. The van der Waals surface area contributed by atoms with Crippen LogP contribution in [-0.4, -0.2) is 23.7 Å². The van der Waals surface area contributed by atoms with Crippen molar-refractivity contribution in [2.75, 3.05) is 11.4 Å². The normalized spacial score (nSPS) is 26.4. The van der Waals surface area contributed by atoms with E-state index in [0.29, 0.717) is 0 Å². The van der Waals surface area contributed by atoms with E-state index in [-0.39, 0.29) is 17.8 Å². The fourth-order valence-electron chi connectivity index (χ4n) is 3.32. The summed E-state index contributed by atoms with van der Waals surface area (Å²) < 4.78 is 13.3. The number of hydrogen-bond acceptors (Lipinski definition) is 2. The number of nitrogens with zero attached hydrogens (tertiary/aromatic N) is 1. The third-order valence-corrected chi connectivity index (χ3v) is 4.18. The standard InChI is InChI=1S/C14H16FNO2/c15-10-5-4-9-6-7-16(13(9)8-10)12-3-1-2-11(12)14(17)18/h4-5,8,11-12H,1-3,6-7H2,(H,17,18). The summed E-state index contributed by atoms with van der Waals surface area (Å²) in [6.07, 6.45) is 3.47. The Hall–Kier alpha value is -1.58. The van der Waals surface area contributed by atoms with E-state index in [1.165, 1.54) is 6.07 Å². The largest absolute Gasteiger partial charge is 0.481 e. The molecule has 1 aromatic carbocycles. The Morgan fingerprint density at radius 2 is 2.22 bits per heavy atom. The maximum absolute atomic E-state index is 13.3. The van der Waals surface area contributed by atoms with Gasteiger partial charge in [0, 0.05) is 18.3 Å². The second kappa shape index (κ2) is 4.26. The molecule has 96 valence electrons. The van der Waals surface area contributed by atoms with E-state index < -0.39 is 5.97 Å². The topological polar surface area (TPSA) is 40.5 Å². The van der Waals surface area contributed by atoms with Crippen LogP contribution in [0.3, 0.4) is 0 Å². The van der Waals surface area contributed by atoms with Crippen LogP contribution < -0.4 is 4.90 Å². The van der Waals surface area contributed by atoms with Crippen LogP contribution in [0.25, 0.3) is 0 Å². The van der Waals surface area contributed by atoms with E-state index >= 15 is 0 Å². The second-order valence-electron chi connectivity index (χ2n) is 5.16. The summed E-state index contributed by atoms with van der Waals surface area (Å²) in [6, 6.07) is 4.87. The first-order valence-corrected chi connectivity index (χ1v) is 6.44. The molecule has 1 fully saturated rings. The molecule has 0 bridgehead atoms. The van der Waals surface area contributed by atoms with Crippen molar-refractivity contribution in [2.24, 2.45) is 5.92 Å². The molecule has 1 aromatic rings. The predicted molar refractivity (Wildman–Crippen MR) is 66.2 cm³/mol. The number of carboxylic acids is 1. The highest BCUT2D eigenvalue weighted by Crippen LogP contribution is 2.38. The van der Waals surface area contributed by atoms with Crippen LogP contribution in [0.1, 0.15) is 24.8 Å². The molecule has 0 radical (unpaired) electrons. The molecule has 4 heteroatoms. The predicted octanol–water partition coefficient (Wildman–Crippen LogP) is 2.44. The van der Waals surface area contributed by atoms with Crippen molar-refractivity contribution < 1.29 is 14.3 Å². The zero-order chi connectivity index (χ0) is 12.7. The lowest BCUT2D eigenvalue weighted by Gasteiger charge is -2.30. The van der Waals surface area contributed by atoms with Crippen LogP contribution in [0.4, 0.5) is 10.1 Å². The third kappa shape index (κ3) is 1.76. The number of hydrogen-bond donors (Lipinski definition) is 1. The summed E-state index contributed by atoms with van der Waals surface area (Å²) in [5, 5.41) is 9.25. The molecular formula is C14H16FNO2. The van der Waals surface area contributed by atoms with Gasteiger partial charge in [-0.1, -0.05) is 12.5 Å². The van der Waals surface area contributed by atoms with Crippen LogP contribution in [-0.2, 0) is 11.2 Å². The number of rotatable bonds is 2. The number of carbonyl (C=O) groups is 1. The van der Waals surface area contributed by atoms with Crippen LogP contribution in [0.5, 0.6) is 0 Å². The highest BCUT2D eigenvalue weighted by Gasteiger charge is 2.39. The first-order chi connectivity index (χ1) is 8.66. The van der Waals surface area contributed by atoms with Gasteiger partial charge in [-0.2, -0.15) is 0 Å². The van der Waals surface area contributed by atoms with Crippen molar-refractivity contribution in [2.45, 2.75) is 31.7 Å². The monoisotopic (exact) mass is 249 g/mol. The van der Waals surface area contributed by atoms with Gasteiger partial charge in [0.1, 0.15) is 5.82 Å². The van der Waals surface area contributed by atoms with E-state index in [2.05, 4.69) is 4.90 Å². The molecule has 3 rings (SSSR count). The number of carboxylic acid groups (broad SMARTS) is 1. The molecular weight excluding hydrogens is 233 g/mol. The minimum Gasteiger partial charge on any atom is -0.481 e. The van der Waals surface area contributed by atoms with Gasteiger partial charge >= 0.3 is 5.97 Å². The molecule has 0 spiro atoms. The maximum Gasteiger partial charge on any atom is 0.308 e. The van der Waals surface area contributed by atoms with Crippen LogP contribution >= 0.6 is 0 Å². The molecule has 3 nitrogen and oxygen atoms in total. The van der Waals surface area contributed by atoms with Gasteiger partial charge in [-0.05, 0) is 37.0 Å². The fourth-order valence-corrected chi connectivity index (χ4v) is 3.32. The Bertz CT molecular complexity index is 489. The zero-order valence-electron chi connectivity index (χ0n) is 10.1. The van der Waals surface area contributed by atoms with Crippen LogP contribution in [0.2, 0.25) is 0 Å². The summed E-state index contributed by atoms with van der Waals surface area (Å²) in [4.78, 5) is 13.3. The Labute approximate surface area is 105 Å². The molecule has 1 N–H and O–H groups in total. The van der Waals surface area contributed by atoms with Gasteiger partial charge in [0.2, 0.25) is 0 Å². The van der Waals surface area contributed by atoms with Gasteiger partial charge in [-0.25, -0.2) is 4.39 Å². The fraction of sp³-hybridized carbons (Fsp3) is 0.500. The molecule has 1 aliphatic heterocycles. The van der Waals surface area contributed by atoms with Crippen molar-refractivity contribution in [1.82, 2.24) is 0 Å². The number of fused-ring (bicyclic) bond motifs is 1. The molecule has 1 saturated carbocycles. The first-order valence-electron chi connectivity index (χ1n) is 6.44. The lowest BCUT2D eigenvalue weighted by molar-refractivity contribution is -0.141. The highest BCUT2D eigenvalue weighted by atomic mass is 19.1. The molecule has 2 atom stereocenters. The molecule has 1 heterocycles. The van der Waals surface area contributed by atoms with Gasteiger partial charge in [0.15, 0.2) is 0 Å². The molecule has 0 aromatic heterocycles. The molecule has 2 unspecified atom stereocenters. The Kier molecular flexibility index (Phi) is 2.73. The quantitative estimate of drug-likeness (QED) is 0.875. The molecule has 0 amide bonds. The highest BCUT2D eigenvalue weighted by molar-refractivity contribution is 5.73. The third-order valence-electron chi connectivity index (χ3n) is 4.18. The van der Waals surface area contributed by atoms with Crippen LogP contribution in [0.15, 0.2) is 18.2 Å². The van der Waals surface area contributed by atoms with Crippen molar-refractivity contribution >= 4 is 11.7 Å². The van der Waals surface area contributed by atoms with Crippen LogP contribution in [0, 0.1) is 11.7 Å². The zero-order valence-corrected chi connectivity index (χ0v) is 10.1. The SMILES string of the molecule is O=C(O)C1CCCC1N1CCc2ccc(F)cc21. The second-order valence-corrected chi connectivity index (χ2v) is 5.16. The number of benzene rings is 1. The van der Waals surface area contributed by atoms with Gasteiger partial charge in [0.25, 0.3) is 0 Å². The van der Waals surface area contributed by atoms with Gasteiger partial charge in [0.05, 0.1) is 5.92 Å². The van der Waals surface area contributed by atoms with Crippen molar-refractivity contribution in [3.8, 4) is 0 Å². The van der Waals surface area contributed by atoms with E-state index in [1.807, 2.05) is 6.07 Å². The molecule has 18 heavy (non-hydrogen) atoms. The summed E-state index contributed by atoms with van der Waals surface area (Å²) in [5.74, 6) is -1.27. The van der Waals surface area contributed by atoms with E-state index in [0.717, 1.165) is 43.5 Å². The van der Waals surface area contributed by atoms with Gasteiger partial charge in [-0.3, -0.25) is 4.79 Å². The summed E-state index contributed by atoms with van der Waals surface area (Å²) in [5.41, 5.74) is 2.03. The van der Waals surface area contributed by atoms with Crippen molar-refractivity contribution in [1.29, 1.82) is 0 Å². The van der Waals surface area contributed by atoms with E-state index in [4.69, 9.17) is 0 Å². The molecule has 0 saturated heterocycles. The lowest BCUT2D eigenvalue weighted by Crippen LogP contribution is -2.39. The van der Waals surface area contributed by atoms with Gasteiger partial charge in [-0.15, -0.1) is 0 Å². The Morgan fingerprint density at radius 1 is 1.39 bits per heavy atom. The summed E-state index contributed by atoms with van der Waals surface area (Å²) in [6.45, 7) is 0.813. The lowest BCUT2D eigenvalue weighted by atomic mass is 10.0. The van der Waals surface area contributed by atoms with E-state index in [1.54, 1.807) is 6.07 Å². The Morgan fingerprint density at radius 3 is 3.00 bits per heavy atom. The van der Waals surface area contributed by atoms with Gasteiger partial charge < -0.3 is 10.0 Å². The average molecular weight is 249 g/mol. The average Bonchev–Trinajstić information content (AvgIpc) is 2.92. The van der Waals surface area contributed by atoms with Crippen molar-refractivity contribution in [3.63, 3.8) is 0 Å². The first kappa shape index (κ1) is 11.5. The number of halogens is 1. The number of anilines is 1. The number of aliphatic carboxylic acids is 1. The Balaban J connectivity index is 1.91. The smallest absolute Gasteiger partial charge is 0.308 e. The maximum atomic E-state index is 13.3. The summed E-state index contributed by atoms with van der Waals surface area (Å²) >= 11 is 0. The minimum atomic E-state index is -0.720. The van der Waals surface area contributed by atoms with Crippen molar-refractivity contribution in [3.05, 3.63) is 29.6 Å². The molecule has 2 aliphatic rings. The minimum absolute atomic E-state index is 0.0329. The van der Waals surface area contributed by atoms with E-state index in [9.17, 15) is 14.3 Å². The summed E-state index contributed by atoms with van der Waals surface area (Å²) in [7, 11) is 0.